The fraction of sp³-hybridized carbons (Fsp3) is 0.455. The molecule has 0 heterocycles. The molecule has 0 bridgehead atoms. The highest BCUT2D eigenvalue weighted by molar-refractivity contribution is 5.21. The Morgan fingerprint density at radius 3 is 2.31 bits per heavy atom. The van der Waals surface area contributed by atoms with E-state index in [-0.39, 0.29) is 6.23 Å². The Labute approximate surface area is 80.1 Å². The van der Waals surface area contributed by atoms with Gasteiger partial charge in [0.05, 0.1) is 0 Å². The minimum atomic E-state index is 0.169. The summed E-state index contributed by atoms with van der Waals surface area (Å²) >= 11 is 0. The first-order chi connectivity index (χ1) is 6.24. The van der Waals surface area contributed by atoms with Crippen molar-refractivity contribution in [2.45, 2.75) is 19.6 Å². The maximum atomic E-state index is 5.75. The van der Waals surface area contributed by atoms with Crippen molar-refractivity contribution in [1.29, 1.82) is 0 Å². The van der Waals surface area contributed by atoms with Gasteiger partial charge in [0.25, 0.3) is 0 Å². The molecule has 0 saturated heterocycles. The first-order valence-corrected chi connectivity index (χ1v) is 4.62. The summed E-state index contributed by atoms with van der Waals surface area (Å²) in [6.07, 6.45) is 1.16. The minimum absolute atomic E-state index is 0.169. The maximum absolute atomic E-state index is 5.75. The van der Waals surface area contributed by atoms with Gasteiger partial charge >= 0.3 is 0 Å². The smallest absolute Gasteiger partial charge is 0.151 e. The van der Waals surface area contributed by atoms with Crippen molar-refractivity contribution in [3.63, 3.8) is 0 Å². The summed E-state index contributed by atoms with van der Waals surface area (Å²) in [5.74, 6) is 0.933. The number of ether oxygens (including phenoxy) is 1. The fourth-order valence-corrected chi connectivity index (χ4v) is 1.21. The Balaban J connectivity index is 2.57. The lowest BCUT2D eigenvalue weighted by Gasteiger charge is -2.23. The van der Waals surface area contributed by atoms with Crippen molar-refractivity contribution >= 4 is 0 Å². The molecule has 1 rings (SSSR count). The van der Waals surface area contributed by atoms with Gasteiger partial charge in [-0.15, -0.1) is 0 Å². The third kappa shape index (κ3) is 3.07. The second-order valence-electron chi connectivity index (χ2n) is 3.26. The summed E-state index contributed by atoms with van der Waals surface area (Å²) in [7, 11) is 4.05. The lowest BCUT2D eigenvalue weighted by Crippen LogP contribution is -2.32. The van der Waals surface area contributed by atoms with Crippen molar-refractivity contribution < 1.29 is 4.74 Å². The predicted octanol–water partition coefficient (Wildman–Crippen LogP) is 2.36. The Morgan fingerprint density at radius 1 is 1.23 bits per heavy atom. The van der Waals surface area contributed by atoms with E-state index in [2.05, 4.69) is 11.8 Å². The van der Waals surface area contributed by atoms with Crippen LogP contribution in [0.1, 0.15) is 13.3 Å². The maximum Gasteiger partial charge on any atom is 0.151 e. The minimum Gasteiger partial charge on any atom is -0.475 e. The lowest BCUT2D eigenvalue weighted by atomic mass is 10.3. The summed E-state index contributed by atoms with van der Waals surface area (Å²) in [4.78, 5) is 2.08. The van der Waals surface area contributed by atoms with Crippen LogP contribution < -0.4 is 4.74 Å². The Kier molecular flexibility index (Phi) is 3.77. The summed E-state index contributed by atoms with van der Waals surface area (Å²) in [5, 5.41) is 0. The monoisotopic (exact) mass is 179 g/mol. The topological polar surface area (TPSA) is 12.5 Å². The third-order valence-electron chi connectivity index (χ3n) is 1.94. The van der Waals surface area contributed by atoms with Crippen LogP contribution in [0, 0.1) is 0 Å². The van der Waals surface area contributed by atoms with Crippen LogP contribution in [-0.2, 0) is 0 Å². The molecular formula is C11H17NO. The Bertz CT molecular complexity index is 233. The van der Waals surface area contributed by atoms with E-state index in [1.807, 2.05) is 44.4 Å². The van der Waals surface area contributed by atoms with E-state index in [0.717, 1.165) is 12.2 Å². The Hall–Kier alpha value is -1.02. The van der Waals surface area contributed by atoms with E-state index in [0.29, 0.717) is 0 Å². The Morgan fingerprint density at radius 2 is 1.85 bits per heavy atom. The van der Waals surface area contributed by atoms with Crippen LogP contribution in [-0.4, -0.2) is 25.2 Å². The van der Waals surface area contributed by atoms with Crippen LogP contribution >= 0.6 is 0 Å². The van der Waals surface area contributed by atoms with Gasteiger partial charge in [0.1, 0.15) is 5.75 Å². The zero-order valence-corrected chi connectivity index (χ0v) is 8.53. The molecule has 2 nitrogen and oxygen atoms in total. The average molecular weight is 179 g/mol. The molecular weight excluding hydrogens is 162 g/mol. The molecule has 2 heteroatoms. The van der Waals surface area contributed by atoms with Gasteiger partial charge in [0.15, 0.2) is 6.23 Å². The first-order valence-electron chi connectivity index (χ1n) is 4.62. The van der Waals surface area contributed by atoms with Crippen LogP contribution in [0.5, 0.6) is 5.75 Å². The molecule has 1 aromatic carbocycles. The third-order valence-corrected chi connectivity index (χ3v) is 1.94. The molecule has 1 unspecified atom stereocenters. The molecule has 0 aliphatic rings. The van der Waals surface area contributed by atoms with E-state index in [1.54, 1.807) is 0 Å². The zero-order valence-electron chi connectivity index (χ0n) is 8.53. The number of nitrogens with zero attached hydrogens (tertiary/aromatic N) is 1. The standard InChI is InChI=1S/C11H17NO/c1-4-11(12(2)3)13-10-8-6-5-7-9-10/h5-9,11H,4H2,1-3H3. The van der Waals surface area contributed by atoms with Crippen LogP contribution in [0.4, 0.5) is 0 Å². The molecule has 1 aromatic rings. The predicted molar refractivity (Wildman–Crippen MR) is 54.8 cm³/mol. The number of hydrogen-bond donors (Lipinski definition) is 0. The molecule has 1 atom stereocenters. The number of benzene rings is 1. The van der Waals surface area contributed by atoms with Gasteiger partial charge in [-0.25, -0.2) is 0 Å². The van der Waals surface area contributed by atoms with Gasteiger partial charge in [-0.05, 0) is 32.6 Å². The number of rotatable bonds is 4. The largest absolute Gasteiger partial charge is 0.475 e. The van der Waals surface area contributed by atoms with Crippen molar-refractivity contribution in [3.8, 4) is 5.75 Å². The van der Waals surface area contributed by atoms with Gasteiger partial charge in [-0.3, -0.25) is 4.90 Å². The van der Waals surface area contributed by atoms with E-state index in [4.69, 9.17) is 4.74 Å². The molecule has 0 aromatic heterocycles. The van der Waals surface area contributed by atoms with Crippen molar-refractivity contribution in [1.82, 2.24) is 4.90 Å². The van der Waals surface area contributed by atoms with Crippen molar-refractivity contribution in [2.75, 3.05) is 14.1 Å². The highest BCUT2D eigenvalue weighted by atomic mass is 16.5. The van der Waals surface area contributed by atoms with Crippen LogP contribution in [0.15, 0.2) is 30.3 Å². The van der Waals surface area contributed by atoms with Gasteiger partial charge in [-0.1, -0.05) is 25.1 Å². The molecule has 0 saturated carbocycles. The van der Waals surface area contributed by atoms with E-state index in [9.17, 15) is 0 Å². The fourth-order valence-electron chi connectivity index (χ4n) is 1.21. The van der Waals surface area contributed by atoms with E-state index in [1.165, 1.54) is 0 Å². The summed E-state index contributed by atoms with van der Waals surface area (Å²) in [6, 6.07) is 9.91. The molecule has 0 spiro atoms. The lowest BCUT2D eigenvalue weighted by molar-refractivity contribution is 0.0612. The zero-order chi connectivity index (χ0) is 9.68. The summed E-state index contributed by atoms with van der Waals surface area (Å²) in [5.41, 5.74) is 0. The first kappa shape index (κ1) is 10.1. The molecule has 0 radical (unpaired) electrons. The highest BCUT2D eigenvalue weighted by Gasteiger charge is 2.09. The summed E-state index contributed by atoms with van der Waals surface area (Å²) < 4.78 is 5.75. The molecule has 0 amide bonds. The normalized spacial score (nSPS) is 12.9. The quantitative estimate of drug-likeness (QED) is 0.658. The van der Waals surface area contributed by atoms with Gasteiger partial charge in [0, 0.05) is 0 Å². The van der Waals surface area contributed by atoms with E-state index >= 15 is 0 Å². The highest BCUT2D eigenvalue weighted by Crippen LogP contribution is 2.13. The van der Waals surface area contributed by atoms with E-state index < -0.39 is 0 Å². The second kappa shape index (κ2) is 4.87. The number of hydrogen-bond acceptors (Lipinski definition) is 2. The molecule has 0 aliphatic heterocycles. The van der Waals surface area contributed by atoms with Gasteiger partial charge in [-0.2, -0.15) is 0 Å². The average Bonchev–Trinajstić information content (AvgIpc) is 2.15. The summed E-state index contributed by atoms with van der Waals surface area (Å²) in [6.45, 7) is 2.12. The van der Waals surface area contributed by atoms with Crippen molar-refractivity contribution in [3.05, 3.63) is 30.3 Å². The SMILES string of the molecule is CCC(Oc1ccccc1)N(C)C. The van der Waals surface area contributed by atoms with Gasteiger partial charge in [0.2, 0.25) is 0 Å². The van der Waals surface area contributed by atoms with Crippen molar-refractivity contribution in [2.24, 2.45) is 0 Å². The second-order valence-corrected chi connectivity index (χ2v) is 3.26. The molecule has 13 heavy (non-hydrogen) atoms. The molecule has 0 fully saturated rings. The molecule has 72 valence electrons. The van der Waals surface area contributed by atoms with Crippen LogP contribution in [0.3, 0.4) is 0 Å². The van der Waals surface area contributed by atoms with Crippen LogP contribution in [0.25, 0.3) is 0 Å². The number of para-hydroxylation sites is 1. The molecule has 0 aliphatic carbocycles. The van der Waals surface area contributed by atoms with Gasteiger partial charge < -0.3 is 4.74 Å². The molecule has 0 N–H and O–H groups in total. The van der Waals surface area contributed by atoms with Crippen LogP contribution in [0.2, 0.25) is 0 Å².